The van der Waals surface area contributed by atoms with Gasteiger partial charge in [-0.15, -0.1) is 11.8 Å². The van der Waals surface area contributed by atoms with E-state index in [9.17, 15) is 14.7 Å². The summed E-state index contributed by atoms with van der Waals surface area (Å²) in [6, 6.07) is 15.8. The fourth-order valence-electron chi connectivity index (χ4n) is 4.54. The van der Waals surface area contributed by atoms with Gasteiger partial charge < -0.3 is 19.3 Å². The lowest BCUT2D eigenvalue weighted by molar-refractivity contribution is -0.130. The number of carbonyl (C=O) groups is 2. The van der Waals surface area contributed by atoms with Crippen LogP contribution in [0.3, 0.4) is 0 Å². The Morgan fingerprint density at radius 1 is 0.791 bits per heavy atom. The van der Waals surface area contributed by atoms with Crippen molar-refractivity contribution in [2.75, 3.05) is 6.26 Å². The van der Waals surface area contributed by atoms with Gasteiger partial charge in [-0.25, -0.2) is 4.79 Å². The molecule has 0 bridgehead atoms. The first-order chi connectivity index (χ1) is 20.5. The van der Waals surface area contributed by atoms with E-state index in [1.807, 2.05) is 59.9 Å². The van der Waals surface area contributed by atoms with Crippen LogP contribution in [0.2, 0.25) is 0 Å². The number of ether oxygens (including phenoxy) is 3. The van der Waals surface area contributed by atoms with Gasteiger partial charge in [-0.2, -0.15) is 8.75 Å². The van der Waals surface area contributed by atoms with Crippen molar-refractivity contribution in [3.8, 4) is 17.2 Å². The number of rotatable bonds is 13. The molecule has 0 unspecified atom stereocenters. The predicted octanol–water partition coefficient (Wildman–Crippen LogP) is 7.74. The molecule has 0 aliphatic rings. The van der Waals surface area contributed by atoms with E-state index in [0.717, 1.165) is 16.6 Å². The summed E-state index contributed by atoms with van der Waals surface area (Å²) in [5.74, 6) is -0.226. The van der Waals surface area contributed by atoms with E-state index >= 15 is 0 Å². The number of Topliss-reactive ketones (excluding diaryl/α,β-unsaturated/α-hetero) is 1. The van der Waals surface area contributed by atoms with Crippen molar-refractivity contribution in [2.24, 2.45) is 0 Å². The Bertz CT molecular complexity index is 1610. The van der Waals surface area contributed by atoms with Crippen LogP contribution in [0.4, 0.5) is 0 Å². The van der Waals surface area contributed by atoms with E-state index in [1.165, 1.54) is 0 Å². The minimum atomic E-state index is -1.22. The Hall–Kier alpha value is -3.89. The molecule has 43 heavy (non-hydrogen) atoms. The standard InChI is InChI=1S/C33H36N2O6S2/c1-18(2)39-28-15-21(16-29(40-19(3)4)32(28)41-20(5)6)14-25(31(36)22-8-11-24(42-7)12-9-22)30(33(37)38)23-10-13-26-27(17-23)35-43-34-26/h8-13,15-20H,14H2,1-7H3,(H,37,38)/b30-25+. The number of thioether (sulfide) groups is 1. The van der Waals surface area contributed by atoms with Crippen molar-refractivity contribution in [3.05, 3.63) is 76.9 Å². The lowest BCUT2D eigenvalue weighted by Crippen LogP contribution is -2.16. The number of benzene rings is 3. The number of carboxylic acids is 1. The fourth-order valence-corrected chi connectivity index (χ4v) is 5.46. The number of hydrogen-bond donors (Lipinski definition) is 1. The average molecular weight is 621 g/mol. The molecule has 0 aliphatic carbocycles. The monoisotopic (exact) mass is 620 g/mol. The molecule has 0 saturated carbocycles. The van der Waals surface area contributed by atoms with Gasteiger partial charge in [-0.1, -0.05) is 6.07 Å². The minimum absolute atomic E-state index is 0.00294. The van der Waals surface area contributed by atoms with Gasteiger partial charge >= 0.3 is 5.97 Å². The van der Waals surface area contributed by atoms with Crippen LogP contribution < -0.4 is 14.2 Å². The Kier molecular flexibility index (Phi) is 10.5. The van der Waals surface area contributed by atoms with Crippen LogP contribution in [0.1, 0.15) is 63.0 Å². The van der Waals surface area contributed by atoms with Gasteiger partial charge in [0.2, 0.25) is 5.75 Å². The summed E-state index contributed by atoms with van der Waals surface area (Å²) in [7, 11) is 0. The maximum absolute atomic E-state index is 14.2. The normalized spacial score (nSPS) is 12.1. The smallest absolute Gasteiger partial charge is 0.336 e. The first-order valence-electron chi connectivity index (χ1n) is 14.0. The highest BCUT2D eigenvalue weighted by molar-refractivity contribution is 7.98. The van der Waals surface area contributed by atoms with Crippen molar-refractivity contribution >= 4 is 51.8 Å². The van der Waals surface area contributed by atoms with Crippen molar-refractivity contribution in [1.82, 2.24) is 8.75 Å². The quantitative estimate of drug-likeness (QED) is 0.0912. The number of ketones is 1. The predicted molar refractivity (Wildman–Crippen MR) is 172 cm³/mol. The van der Waals surface area contributed by atoms with Gasteiger partial charge in [0.25, 0.3) is 0 Å². The molecule has 4 rings (SSSR count). The number of carbonyl (C=O) groups excluding carboxylic acids is 1. The first-order valence-corrected chi connectivity index (χ1v) is 16.0. The molecule has 3 aromatic carbocycles. The Labute approximate surface area is 260 Å². The molecule has 1 heterocycles. The van der Waals surface area contributed by atoms with E-state index in [4.69, 9.17) is 14.2 Å². The summed E-state index contributed by atoms with van der Waals surface area (Å²) < 4.78 is 26.9. The van der Waals surface area contributed by atoms with Gasteiger partial charge in [0.1, 0.15) is 11.0 Å². The third kappa shape index (κ3) is 7.94. The van der Waals surface area contributed by atoms with Crippen LogP contribution in [0.25, 0.3) is 16.6 Å². The second-order valence-electron chi connectivity index (χ2n) is 10.8. The summed E-state index contributed by atoms with van der Waals surface area (Å²) in [6.45, 7) is 11.5. The maximum atomic E-state index is 14.2. The van der Waals surface area contributed by atoms with Gasteiger partial charge in [0, 0.05) is 22.5 Å². The van der Waals surface area contributed by atoms with Gasteiger partial charge in [-0.3, -0.25) is 4.79 Å². The van der Waals surface area contributed by atoms with Crippen molar-refractivity contribution in [2.45, 2.75) is 71.2 Å². The van der Waals surface area contributed by atoms with E-state index < -0.39 is 5.97 Å². The highest BCUT2D eigenvalue weighted by Gasteiger charge is 2.26. The second kappa shape index (κ2) is 14.1. The SMILES string of the molecule is CSc1ccc(C(=O)/C(Cc2cc(OC(C)C)c(OC(C)C)c(OC(C)C)c2)=C(/C(=O)O)c2ccc3nsnc3c2)cc1. The number of fused-ring (bicyclic) bond motifs is 1. The van der Waals surface area contributed by atoms with Crippen LogP contribution in [0.5, 0.6) is 17.2 Å². The number of hydrogen-bond acceptors (Lipinski definition) is 9. The van der Waals surface area contributed by atoms with Crippen LogP contribution in [0, 0.1) is 0 Å². The van der Waals surface area contributed by atoms with Gasteiger partial charge in [0.15, 0.2) is 17.3 Å². The zero-order valence-corrected chi connectivity index (χ0v) is 27.0. The largest absolute Gasteiger partial charge is 0.487 e. The highest BCUT2D eigenvalue weighted by atomic mass is 32.2. The molecule has 1 aromatic heterocycles. The molecular weight excluding hydrogens is 585 g/mol. The highest BCUT2D eigenvalue weighted by Crippen LogP contribution is 2.42. The zero-order valence-electron chi connectivity index (χ0n) is 25.3. The molecule has 226 valence electrons. The number of allylic oxidation sites excluding steroid dienone is 1. The summed E-state index contributed by atoms with van der Waals surface area (Å²) >= 11 is 2.60. The van der Waals surface area contributed by atoms with Crippen molar-refractivity contribution < 1.29 is 28.9 Å². The lowest BCUT2D eigenvalue weighted by atomic mass is 9.89. The van der Waals surface area contributed by atoms with Crippen LogP contribution in [0.15, 0.2) is 65.1 Å². The lowest BCUT2D eigenvalue weighted by Gasteiger charge is -2.23. The Balaban J connectivity index is 1.95. The third-order valence-electron chi connectivity index (χ3n) is 6.22. The molecule has 0 radical (unpaired) electrons. The molecule has 8 nitrogen and oxygen atoms in total. The number of aliphatic carboxylic acids is 1. The summed E-state index contributed by atoms with van der Waals surface area (Å²) in [6.07, 6.45) is 1.47. The topological polar surface area (TPSA) is 108 Å². The molecule has 10 heteroatoms. The third-order valence-corrected chi connectivity index (χ3v) is 7.52. The summed E-state index contributed by atoms with van der Waals surface area (Å²) in [5, 5.41) is 10.5. The zero-order chi connectivity index (χ0) is 31.3. The van der Waals surface area contributed by atoms with Gasteiger partial charge in [-0.05, 0) is 107 Å². The van der Waals surface area contributed by atoms with Crippen molar-refractivity contribution in [1.29, 1.82) is 0 Å². The molecule has 0 atom stereocenters. The molecule has 0 aliphatic heterocycles. The fraction of sp³-hybridized carbons (Fsp3) is 0.333. The summed E-state index contributed by atoms with van der Waals surface area (Å²) in [4.78, 5) is 28.1. The molecule has 4 aromatic rings. The number of aromatic nitrogens is 2. The number of carboxylic acid groups (broad SMARTS) is 1. The Morgan fingerprint density at radius 3 is 1.88 bits per heavy atom. The molecule has 0 fully saturated rings. The second-order valence-corrected chi connectivity index (χ2v) is 12.2. The van der Waals surface area contributed by atoms with Gasteiger partial charge in [0.05, 0.1) is 35.6 Å². The van der Waals surface area contributed by atoms with E-state index in [0.29, 0.717) is 45.0 Å². The van der Waals surface area contributed by atoms with Crippen molar-refractivity contribution in [3.63, 3.8) is 0 Å². The molecule has 0 amide bonds. The summed E-state index contributed by atoms with van der Waals surface area (Å²) in [5.41, 5.74) is 2.64. The number of nitrogens with zero attached hydrogens (tertiary/aromatic N) is 2. The van der Waals surface area contributed by atoms with Crippen LogP contribution in [-0.4, -0.2) is 50.2 Å². The van der Waals surface area contributed by atoms with E-state index in [-0.39, 0.29) is 41.7 Å². The molecular formula is C33H36N2O6S2. The van der Waals surface area contributed by atoms with E-state index in [1.54, 1.807) is 54.2 Å². The van der Waals surface area contributed by atoms with E-state index in [2.05, 4.69) is 8.75 Å². The van der Waals surface area contributed by atoms with Crippen LogP contribution in [-0.2, 0) is 11.2 Å². The Morgan fingerprint density at radius 2 is 1.35 bits per heavy atom. The molecule has 0 saturated heterocycles. The molecule has 0 spiro atoms. The average Bonchev–Trinajstić information content (AvgIpc) is 3.41. The van der Waals surface area contributed by atoms with Crippen LogP contribution >= 0.6 is 23.5 Å². The first kappa shape index (κ1) is 32.0. The molecule has 1 N–H and O–H groups in total. The maximum Gasteiger partial charge on any atom is 0.336 e. The minimum Gasteiger partial charge on any atom is -0.487 e.